The van der Waals surface area contributed by atoms with Crippen LogP contribution in [-0.2, 0) is 11.3 Å². The van der Waals surface area contributed by atoms with E-state index in [0.717, 1.165) is 49.5 Å². The molecule has 7 nitrogen and oxygen atoms in total. The fourth-order valence-electron chi connectivity index (χ4n) is 3.98. The van der Waals surface area contributed by atoms with Crippen LogP contribution in [0.2, 0.25) is 0 Å². The Balaban J connectivity index is 1.15. The first-order chi connectivity index (χ1) is 16.5. The molecule has 0 saturated carbocycles. The van der Waals surface area contributed by atoms with Crippen LogP contribution in [-0.4, -0.2) is 47.6 Å². The van der Waals surface area contributed by atoms with Crippen molar-refractivity contribution in [3.63, 3.8) is 0 Å². The fourth-order valence-corrected chi connectivity index (χ4v) is 3.98. The first-order valence-electron chi connectivity index (χ1n) is 11.5. The Labute approximate surface area is 199 Å². The molecule has 3 aromatic rings. The van der Waals surface area contributed by atoms with E-state index in [1.54, 1.807) is 12.1 Å². The summed E-state index contributed by atoms with van der Waals surface area (Å²) in [5, 5.41) is 15.3. The zero-order chi connectivity index (χ0) is 23.8. The molecule has 0 atom stereocenters. The lowest BCUT2D eigenvalue weighted by atomic mass is 10.0. The number of para-hydroxylation sites is 1. The second-order valence-electron chi connectivity index (χ2n) is 8.42. The molecule has 4 rings (SSSR count). The van der Waals surface area contributed by atoms with Crippen LogP contribution in [0.25, 0.3) is 0 Å². The van der Waals surface area contributed by atoms with Crippen LogP contribution in [0, 0.1) is 0 Å². The number of nitrogens with one attached hydrogen (secondary N) is 2. The van der Waals surface area contributed by atoms with Gasteiger partial charge in [-0.15, -0.1) is 0 Å². The van der Waals surface area contributed by atoms with E-state index in [9.17, 15) is 9.59 Å². The summed E-state index contributed by atoms with van der Waals surface area (Å²) < 4.78 is 5.77. The molecule has 3 N–H and O–H groups in total. The van der Waals surface area contributed by atoms with Gasteiger partial charge >= 0.3 is 5.97 Å². The number of amides is 1. The molecule has 0 aromatic heterocycles. The summed E-state index contributed by atoms with van der Waals surface area (Å²) in [7, 11) is 0. The van der Waals surface area contributed by atoms with Crippen molar-refractivity contribution in [1.29, 1.82) is 0 Å². The van der Waals surface area contributed by atoms with Gasteiger partial charge in [0.1, 0.15) is 11.5 Å². The largest absolute Gasteiger partial charge is 0.478 e. The maximum atomic E-state index is 12.4. The zero-order valence-corrected chi connectivity index (χ0v) is 18.9. The Bertz CT molecular complexity index is 1080. The van der Waals surface area contributed by atoms with E-state index < -0.39 is 5.97 Å². The van der Waals surface area contributed by atoms with E-state index in [2.05, 4.69) is 15.5 Å². The van der Waals surface area contributed by atoms with Crippen molar-refractivity contribution < 1.29 is 19.4 Å². The Morgan fingerprint density at radius 3 is 2.18 bits per heavy atom. The lowest BCUT2D eigenvalue weighted by Gasteiger charge is -2.32. The minimum atomic E-state index is -0.906. The van der Waals surface area contributed by atoms with Crippen molar-refractivity contribution in [3.8, 4) is 11.5 Å². The summed E-state index contributed by atoms with van der Waals surface area (Å²) in [5.41, 5.74) is 2.15. The molecule has 0 bridgehead atoms. The Kier molecular flexibility index (Phi) is 7.91. The quantitative estimate of drug-likeness (QED) is 0.440. The number of hydrogen-bond acceptors (Lipinski definition) is 5. The number of carbonyl (C=O) groups is 2. The number of carboxylic acid groups (broad SMARTS) is 1. The van der Waals surface area contributed by atoms with Crippen LogP contribution in [0.4, 0.5) is 5.69 Å². The number of rotatable bonds is 9. The SMILES string of the molecule is O=C(CNC1CCN(Cc2ccc(C(=O)O)cc2)CC1)Nc1ccc(Oc2ccccc2)cc1. The second-order valence-corrected chi connectivity index (χ2v) is 8.42. The van der Waals surface area contributed by atoms with Gasteiger partial charge < -0.3 is 20.5 Å². The molecule has 1 amide bonds. The Morgan fingerprint density at radius 2 is 1.53 bits per heavy atom. The maximum absolute atomic E-state index is 12.4. The number of nitrogens with zero attached hydrogens (tertiary/aromatic N) is 1. The molecule has 7 heteroatoms. The third kappa shape index (κ3) is 6.91. The summed E-state index contributed by atoms with van der Waals surface area (Å²) in [6, 6.07) is 24.2. The molecule has 0 radical (unpaired) electrons. The average molecular weight is 460 g/mol. The molecule has 1 aliphatic heterocycles. The molecule has 0 unspecified atom stereocenters. The third-order valence-corrected chi connectivity index (χ3v) is 5.86. The summed E-state index contributed by atoms with van der Waals surface area (Å²) in [4.78, 5) is 25.7. The number of likely N-dealkylation sites (tertiary alicyclic amines) is 1. The van der Waals surface area contributed by atoms with Crippen LogP contribution in [0.15, 0.2) is 78.9 Å². The molecule has 1 heterocycles. The van der Waals surface area contributed by atoms with Crippen molar-refractivity contribution in [3.05, 3.63) is 90.0 Å². The highest BCUT2D eigenvalue weighted by molar-refractivity contribution is 5.92. The molecule has 1 aliphatic rings. The molecule has 0 spiro atoms. The van der Waals surface area contributed by atoms with Crippen molar-refractivity contribution in [2.75, 3.05) is 25.0 Å². The van der Waals surface area contributed by atoms with E-state index in [0.29, 0.717) is 17.4 Å². The average Bonchev–Trinajstić information content (AvgIpc) is 2.86. The first-order valence-corrected chi connectivity index (χ1v) is 11.5. The number of ether oxygens (including phenoxy) is 1. The van der Waals surface area contributed by atoms with Gasteiger partial charge in [-0.3, -0.25) is 9.69 Å². The minimum Gasteiger partial charge on any atom is -0.478 e. The van der Waals surface area contributed by atoms with E-state index in [-0.39, 0.29) is 12.5 Å². The third-order valence-electron chi connectivity index (χ3n) is 5.86. The lowest BCUT2D eigenvalue weighted by Crippen LogP contribution is -2.44. The van der Waals surface area contributed by atoms with Gasteiger partial charge in [0.05, 0.1) is 12.1 Å². The van der Waals surface area contributed by atoms with Gasteiger partial charge in [-0.05, 0) is 80.0 Å². The van der Waals surface area contributed by atoms with Gasteiger partial charge in [0.25, 0.3) is 0 Å². The van der Waals surface area contributed by atoms with Gasteiger partial charge in [-0.25, -0.2) is 4.79 Å². The number of anilines is 1. The van der Waals surface area contributed by atoms with Crippen LogP contribution in [0.1, 0.15) is 28.8 Å². The van der Waals surface area contributed by atoms with E-state index in [1.165, 1.54) is 0 Å². The van der Waals surface area contributed by atoms with E-state index >= 15 is 0 Å². The summed E-state index contributed by atoms with van der Waals surface area (Å²) in [6.07, 6.45) is 1.93. The Morgan fingerprint density at radius 1 is 0.882 bits per heavy atom. The molecule has 176 valence electrons. The number of carboxylic acids is 1. The standard InChI is InChI=1S/C27H29N3O4/c31-26(29-23-10-12-25(13-11-23)34-24-4-2-1-3-5-24)18-28-22-14-16-30(17-15-22)19-20-6-8-21(9-7-20)27(32)33/h1-13,22,28H,14-19H2,(H,29,31)(H,32,33). The van der Waals surface area contributed by atoms with Crippen LogP contribution < -0.4 is 15.4 Å². The lowest BCUT2D eigenvalue weighted by molar-refractivity contribution is -0.115. The fraction of sp³-hybridized carbons (Fsp3) is 0.259. The van der Waals surface area contributed by atoms with Crippen molar-refractivity contribution in [2.24, 2.45) is 0 Å². The van der Waals surface area contributed by atoms with E-state index in [4.69, 9.17) is 9.84 Å². The maximum Gasteiger partial charge on any atom is 0.335 e. The number of hydrogen-bond donors (Lipinski definition) is 3. The van der Waals surface area contributed by atoms with Gasteiger partial charge in [-0.1, -0.05) is 30.3 Å². The predicted molar refractivity (Wildman–Crippen MR) is 131 cm³/mol. The highest BCUT2D eigenvalue weighted by Crippen LogP contribution is 2.22. The monoisotopic (exact) mass is 459 g/mol. The highest BCUT2D eigenvalue weighted by atomic mass is 16.5. The normalized spacial score (nSPS) is 14.5. The number of carbonyl (C=O) groups excluding carboxylic acids is 1. The summed E-state index contributed by atoms with van der Waals surface area (Å²) >= 11 is 0. The zero-order valence-electron chi connectivity index (χ0n) is 18.9. The molecular weight excluding hydrogens is 430 g/mol. The molecule has 34 heavy (non-hydrogen) atoms. The molecule has 1 saturated heterocycles. The van der Waals surface area contributed by atoms with Gasteiger partial charge in [-0.2, -0.15) is 0 Å². The smallest absolute Gasteiger partial charge is 0.335 e. The van der Waals surface area contributed by atoms with Crippen LogP contribution in [0.5, 0.6) is 11.5 Å². The van der Waals surface area contributed by atoms with Gasteiger partial charge in [0.15, 0.2) is 0 Å². The predicted octanol–water partition coefficient (Wildman–Crippen LogP) is 4.37. The first kappa shape index (κ1) is 23.5. The van der Waals surface area contributed by atoms with Crippen molar-refractivity contribution >= 4 is 17.6 Å². The van der Waals surface area contributed by atoms with Crippen LogP contribution >= 0.6 is 0 Å². The molecule has 1 fully saturated rings. The Hall–Kier alpha value is -3.68. The van der Waals surface area contributed by atoms with Crippen LogP contribution in [0.3, 0.4) is 0 Å². The summed E-state index contributed by atoms with van der Waals surface area (Å²) in [5.74, 6) is 0.506. The molecule has 3 aromatic carbocycles. The second kappa shape index (κ2) is 11.4. The van der Waals surface area contributed by atoms with Gasteiger partial charge in [0.2, 0.25) is 5.91 Å². The minimum absolute atomic E-state index is 0.0716. The number of piperidine rings is 1. The molecule has 0 aliphatic carbocycles. The molecular formula is C27H29N3O4. The summed E-state index contributed by atoms with van der Waals surface area (Å²) in [6.45, 7) is 2.94. The van der Waals surface area contributed by atoms with E-state index in [1.807, 2.05) is 66.7 Å². The number of benzene rings is 3. The highest BCUT2D eigenvalue weighted by Gasteiger charge is 2.19. The van der Waals surface area contributed by atoms with Crippen molar-refractivity contribution in [2.45, 2.75) is 25.4 Å². The topological polar surface area (TPSA) is 90.9 Å². The van der Waals surface area contributed by atoms with Crippen molar-refractivity contribution in [1.82, 2.24) is 10.2 Å². The number of aromatic carboxylic acids is 1. The van der Waals surface area contributed by atoms with Gasteiger partial charge in [0, 0.05) is 18.3 Å².